The molecule has 0 fully saturated rings. The third-order valence-corrected chi connectivity index (χ3v) is 3.19. The number of methoxy groups -OCH3 is 1. The van der Waals surface area contributed by atoms with Crippen LogP contribution in [-0.2, 0) is 0 Å². The van der Waals surface area contributed by atoms with Crippen LogP contribution >= 0.6 is 11.3 Å². The standard InChI is InChI=1S/C12H9NO2S/c1-14-9-5-2-4-8-11(9)15-12(13-8)10-6-3-7-16-10/h2-7H,1H3. The predicted octanol–water partition coefficient (Wildman–Crippen LogP) is 3.56. The van der Waals surface area contributed by atoms with Crippen LogP contribution in [0.4, 0.5) is 0 Å². The van der Waals surface area contributed by atoms with E-state index in [4.69, 9.17) is 9.15 Å². The molecular formula is C12H9NO2S. The minimum Gasteiger partial charge on any atom is -0.493 e. The van der Waals surface area contributed by atoms with Crippen molar-refractivity contribution in [1.29, 1.82) is 0 Å². The van der Waals surface area contributed by atoms with Crippen LogP contribution in [0.25, 0.3) is 21.9 Å². The minimum atomic E-state index is 0.648. The van der Waals surface area contributed by atoms with E-state index in [1.807, 2.05) is 35.7 Å². The number of hydrogen-bond acceptors (Lipinski definition) is 4. The Morgan fingerprint density at radius 3 is 2.94 bits per heavy atom. The number of oxazole rings is 1. The Kier molecular flexibility index (Phi) is 2.15. The van der Waals surface area contributed by atoms with Gasteiger partial charge in [0.25, 0.3) is 0 Å². The molecule has 0 amide bonds. The first-order chi connectivity index (χ1) is 7.88. The van der Waals surface area contributed by atoms with Crippen molar-refractivity contribution >= 4 is 22.4 Å². The number of fused-ring (bicyclic) bond motifs is 1. The molecule has 3 aromatic rings. The Hall–Kier alpha value is -1.81. The summed E-state index contributed by atoms with van der Waals surface area (Å²) in [4.78, 5) is 5.45. The topological polar surface area (TPSA) is 35.3 Å². The van der Waals surface area contributed by atoms with Crippen LogP contribution in [0.3, 0.4) is 0 Å². The van der Waals surface area contributed by atoms with Gasteiger partial charge in [-0.05, 0) is 23.6 Å². The third kappa shape index (κ3) is 1.39. The van der Waals surface area contributed by atoms with Crippen LogP contribution in [0.15, 0.2) is 40.1 Å². The van der Waals surface area contributed by atoms with Crippen LogP contribution in [0, 0.1) is 0 Å². The zero-order valence-electron chi connectivity index (χ0n) is 8.64. The van der Waals surface area contributed by atoms with Crippen LogP contribution in [0.5, 0.6) is 5.75 Å². The van der Waals surface area contributed by atoms with Crippen molar-refractivity contribution in [2.45, 2.75) is 0 Å². The molecule has 3 nitrogen and oxygen atoms in total. The lowest BCUT2D eigenvalue weighted by atomic mass is 10.3. The van der Waals surface area contributed by atoms with E-state index in [9.17, 15) is 0 Å². The SMILES string of the molecule is COc1cccc2nc(-c3cccs3)oc12. The Balaban J connectivity index is 2.23. The molecule has 2 heterocycles. The molecule has 1 aromatic carbocycles. The van der Waals surface area contributed by atoms with Gasteiger partial charge in [0.15, 0.2) is 11.3 Å². The summed E-state index contributed by atoms with van der Waals surface area (Å²) in [5, 5.41) is 2.00. The lowest BCUT2D eigenvalue weighted by molar-refractivity contribution is 0.411. The van der Waals surface area contributed by atoms with Crippen molar-refractivity contribution in [3.05, 3.63) is 35.7 Å². The molecule has 0 bridgehead atoms. The van der Waals surface area contributed by atoms with Gasteiger partial charge in [0.05, 0.1) is 12.0 Å². The van der Waals surface area contributed by atoms with Gasteiger partial charge in [-0.3, -0.25) is 0 Å². The zero-order chi connectivity index (χ0) is 11.0. The highest BCUT2D eigenvalue weighted by Crippen LogP contribution is 2.32. The van der Waals surface area contributed by atoms with E-state index >= 15 is 0 Å². The van der Waals surface area contributed by atoms with Gasteiger partial charge in [-0.1, -0.05) is 12.1 Å². The van der Waals surface area contributed by atoms with Crippen molar-refractivity contribution in [2.24, 2.45) is 0 Å². The second kappa shape index (κ2) is 3.64. The Morgan fingerprint density at radius 2 is 2.19 bits per heavy atom. The summed E-state index contributed by atoms with van der Waals surface area (Å²) >= 11 is 1.61. The normalized spacial score (nSPS) is 10.8. The number of nitrogens with zero attached hydrogens (tertiary/aromatic N) is 1. The fourth-order valence-corrected chi connectivity index (χ4v) is 2.24. The largest absolute Gasteiger partial charge is 0.493 e. The molecule has 0 saturated carbocycles. The highest BCUT2D eigenvalue weighted by Gasteiger charge is 2.11. The molecule has 0 radical (unpaired) electrons. The van der Waals surface area contributed by atoms with Crippen LogP contribution in [0.2, 0.25) is 0 Å². The summed E-state index contributed by atoms with van der Waals surface area (Å²) in [7, 11) is 1.63. The highest BCUT2D eigenvalue weighted by atomic mass is 32.1. The summed E-state index contributed by atoms with van der Waals surface area (Å²) in [6, 6.07) is 9.65. The quantitative estimate of drug-likeness (QED) is 0.676. The smallest absolute Gasteiger partial charge is 0.237 e. The Bertz CT molecular complexity index is 613. The molecule has 16 heavy (non-hydrogen) atoms. The number of rotatable bonds is 2. The van der Waals surface area contributed by atoms with E-state index in [0.717, 1.165) is 10.4 Å². The van der Waals surface area contributed by atoms with E-state index in [0.29, 0.717) is 17.2 Å². The number of para-hydroxylation sites is 1. The molecule has 0 saturated heterocycles. The van der Waals surface area contributed by atoms with Crippen molar-refractivity contribution in [1.82, 2.24) is 4.98 Å². The Morgan fingerprint density at radius 1 is 1.25 bits per heavy atom. The van der Waals surface area contributed by atoms with Crippen LogP contribution < -0.4 is 4.74 Å². The molecule has 0 spiro atoms. The first kappa shape index (κ1) is 9.42. The third-order valence-electron chi connectivity index (χ3n) is 2.33. The maximum Gasteiger partial charge on any atom is 0.237 e. The summed E-state index contributed by atoms with van der Waals surface area (Å²) in [5.41, 5.74) is 1.52. The molecule has 3 rings (SSSR count). The maximum absolute atomic E-state index is 5.71. The fourth-order valence-electron chi connectivity index (χ4n) is 1.59. The number of benzene rings is 1. The maximum atomic E-state index is 5.71. The van der Waals surface area contributed by atoms with E-state index in [2.05, 4.69) is 4.98 Å². The molecule has 0 aliphatic heterocycles. The minimum absolute atomic E-state index is 0.648. The summed E-state index contributed by atoms with van der Waals surface area (Å²) < 4.78 is 10.9. The first-order valence-electron chi connectivity index (χ1n) is 4.86. The van der Waals surface area contributed by atoms with Gasteiger partial charge in [0.2, 0.25) is 5.89 Å². The van der Waals surface area contributed by atoms with Crippen molar-refractivity contribution in [3.63, 3.8) is 0 Å². The van der Waals surface area contributed by atoms with E-state index in [1.165, 1.54) is 0 Å². The number of thiophene rings is 1. The average Bonchev–Trinajstić information content (AvgIpc) is 2.96. The summed E-state index contributed by atoms with van der Waals surface area (Å²) in [5.74, 6) is 1.36. The van der Waals surface area contributed by atoms with Gasteiger partial charge >= 0.3 is 0 Å². The van der Waals surface area contributed by atoms with Gasteiger partial charge in [-0.25, -0.2) is 4.98 Å². The predicted molar refractivity (Wildman–Crippen MR) is 63.9 cm³/mol. The van der Waals surface area contributed by atoms with E-state index < -0.39 is 0 Å². The molecule has 80 valence electrons. The molecule has 0 aliphatic carbocycles. The van der Waals surface area contributed by atoms with Gasteiger partial charge < -0.3 is 9.15 Å². The fraction of sp³-hybridized carbons (Fsp3) is 0.0833. The lowest BCUT2D eigenvalue weighted by Gasteiger charge is -1.97. The summed E-state index contributed by atoms with van der Waals surface area (Å²) in [6.45, 7) is 0. The second-order valence-corrected chi connectivity index (χ2v) is 4.25. The van der Waals surface area contributed by atoms with Crippen molar-refractivity contribution in [2.75, 3.05) is 7.11 Å². The van der Waals surface area contributed by atoms with Gasteiger partial charge in [0.1, 0.15) is 5.52 Å². The highest BCUT2D eigenvalue weighted by molar-refractivity contribution is 7.13. The lowest BCUT2D eigenvalue weighted by Crippen LogP contribution is -1.81. The number of aromatic nitrogens is 1. The first-order valence-corrected chi connectivity index (χ1v) is 5.74. The molecule has 0 aliphatic rings. The van der Waals surface area contributed by atoms with Gasteiger partial charge in [-0.2, -0.15) is 0 Å². The second-order valence-electron chi connectivity index (χ2n) is 3.30. The molecule has 4 heteroatoms. The number of ether oxygens (including phenoxy) is 1. The monoisotopic (exact) mass is 231 g/mol. The molecule has 0 unspecified atom stereocenters. The van der Waals surface area contributed by atoms with E-state index in [1.54, 1.807) is 18.4 Å². The van der Waals surface area contributed by atoms with E-state index in [-0.39, 0.29) is 0 Å². The molecule has 0 atom stereocenters. The molecule has 2 aromatic heterocycles. The van der Waals surface area contributed by atoms with Crippen molar-refractivity contribution in [3.8, 4) is 16.5 Å². The van der Waals surface area contributed by atoms with Crippen LogP contribution in [-0.4, -0.2) is 12.1 Å². The van der Waals surface area contributed by atoms with Crippen LogP contribution in [0.1, 0.15) is 0 Å². The molecule has 0 N–H and O–H groups in total. The summed E-state index contributed by atoms with van der Waals surface area (Å²) in [6.07, 6.45) is 0. The van der Waals surface area contributed by atoms with Gasteiger partial charge in [-0.15, -0.1) is 11.3 Å². The molecular weight excluding hydrogens is 222 g/mol. The van der Waals surface area contributed by atoms with Gasteiger partial charge in [0, 0.05) is 0 Å². The zero-order valence-corrected chi connectivity index (χ0v) is 9.45. The number of hydrogen-bond donors (Lipinski definition) is 0. The Labute approximate surface area is 96.3 Å². The van der Waals surface area contributed by atoms with Crippen molar-refractivity contribution < 1.29 is 9.15 Å². The average molecular weight is 231 g/mol.